The summed E-state index contributed by atoms with van der Waals surface area (Å²) in [6.45, 7) is 0.333. The molecule has 0 aliphatic rings. The van der Waals surface area contributed by atoms with Gasteiger partial charge in [0.2, 0.25) is 5.82 Å². The minimum atomic E-state index is 0.302. The zero-order chi connectivity index (χ0) is 11.7. The zero-order valence-corrected chi connectivity index (χ0v) is 8.75. The fourth-order valence-corrected chi connectivity index (χ4v) is 1.41. The Labute approximate surface area is 95.7 Å². The predicted molar refractivity (Wildman–Crippen MR) is 57.5 cm³/mol. The van der Waals surface area contributed by atoms with E-state index in [2.05, 4.69) is 20.1 Å². The minimum Gasteiger partial charge on any atom is -0.455 e. The van der Waals surface area contributed by atoms with Gasteiger partial charge in [-0.15, -0.1) is 0 Å². The van der Waals surface area contributed by atoms with Crippen LogP contribution in [-0.4, -0.2) is 20.1 Å². The largest absolute Gasteiger partial charge is 0.455 e. The van der Waals surface area contributed by atoms with Gasteiger partial charge in [0.05, 0.1) is 6.54 Å². The molecule has 0 radical (unpaired) electrons. The molecule has 0 aliphatic heterocycles. The molecule has 17 heavy (non-hydrogen) atoms. The predicted octanol–water partition coefficient (Wildman–Crippen LogP) is 1.18. The lowest BCUT2D eigenvalue weighted by Gasteiger charge is -1.87. The third-order valence-electron chi connectivity index (χ3n) is 2.21. The first-order valence-electron chi connectivity index (χ1n) is 4.99. The fourth-order valence-electron chi connectivity index (χ4n) is 1.41. The van der Waals surface area contributed by atoms with E-state index >= 15 is 0 Å². The maximum absolute atomic E-state index is 5.45. The molecule has 7 nitrogen and oxygen atoms in total. The number of hydrogen-bond acceptors (Lipinski definition) is 6. The van der Waals surface area contributed by atoms with Crippen LogP contribution < -0.4 is 5.73 Å². The first-order valence-corrected chi connectivity index (χ1v) is 4.99. The first kappa shape index (κ1) is 9.79. The van der Waals surface area contributed by atoms with Crippen LogP contribution in [0.4, 0.5) is 0 Å². The Hall–Kier alpha value is -2.41. The number of aromatic nitrogens is 4. The minimum absolute atomic E-state index is 0.302. The summed E-state index contributed by atoms with van der Waals surface area (Å²) < 4.78 is 10.5. The number of nitrogens with zero attached hydrogens (tertiary/aromatic N) is 3. The smallest absolute Gasteiger partial charge is 0.294 e. The summed E-state index contributed by atoms with van der Waals surface area (Å²) >= 11 is 0. The van der Waals surface area contributed by atoms with Crippen molar-refractivity contribution in [2.45, 2.75) is 6.54 Å². The van der Waals surface area contributed by atoms with Gasteiger partial charge >= 0.3 is 0 Å². The monoisotopic (exact) mass is 231 g/mol. The number of aromatic amines is 1. The lowest BCUT2D eigenvalue weighted by molar-refractivity contribution is 0.411. The van der Waals surface area contributed by atoms with E-state index in [0.29, 0.717) is 35.6 Å². The Morgan fingerprint density at radius 2 is 2.29 bits per heavy atom. The number of furan rings is 1. The molecule has 0 saturated carbocycles. The summed E-state index contributed by atoms with van der Waals surface area (Å²) in [5, 5.41) is 3.80. The Bertz CT molecular complexity index is 610. The molecule has 0 fully saturated rings. The van der Waals surface area contributed by atoms with E-state index in [9.17, 15) is 0 Å². The lowest BCUT2D eigenvalue weighted by Crippen LogP contribution is -1.92. The second-order valence-electron chi connectivity index (χ2n) is 3.33. The molecule has 3 heterocycles. The molecule has 0 spiro atoms. The van der Waals surface area contributed by atoms with Crippen molar-refractivity contribution in [1.29, 1.82) is 0 Å². The normalized spacial score (nSPS) is 10.9. The van der Waals surface area contributed by atoms with Gasteiger partial charge in [-0.2, -0.15) is 4.98 Å². The third-order valence-corrected chi connectivity index (χ3v) is 2.21. The van der Waals surface area contributed by atoms with Gasteiger partial charge in [0.25, 0.3) is 5.89 Å². The lowest BCUT2D eigenvalue weighted by atomic mass is 10.4. The summed E-state index contributed by atoms with van der Waals surface area (Å²) in [5.74, 6) is 2.39. The number of rotatable bonds is 3. The molecule has 86 valence electrons. The Morgan fingerprint density at radius 3 is 3.00 bits per heavy atom. The van der Waals surface area contributed by atoms with E-state index in [1.165, 1.54) is 0 Å². The number of nitrogens with two attached hydrogens (primary N) is 1. The van der Waals surface area contributed by atoms with Crippen LogP contribution in [0.3, 0.4) is 0 Å². The number of hydrogen-bond donors (Lipinski definition) is 2. The summed E-state index contributed by atoms with van der Waals surface area (Å²) in [6, 6.07) is 3.51. The zero-order valence-electron chi connectivity index (χ0n) is 8.75. The van der Waals surface area contributed by atoms with Crippen LogP contribution in [0.15, 0.2) is 33.5 Å². The van der Waals surface area contributed by atoms with Gasteiger partial charge in [-0.1, -0.05) is 5.16 Å². The van der Waals surface area contributed by atoms with E-state index in [1.54, 1.807) is 24.5 Å². The SMILES string of the molecule is NCc1ccc(-c2nc(-c3ncc[nH]3)no2)o1. The van der Waals surface area contributed by atoms with Crippen LogP contribution in [0.2, 0.25) is 0 Å². The van der Waals surface area contributed by atoms with Crippen molar-refractivity contribution in [3.05, 3.63) is 30.3 Å². The highest BCUT2D eigenvalue weighted by molar-refractivity contribution is 5.50. The van der Waals surface area contributed by atoms with Gasteiger partial charge in [0.1, 0.15) is 5.76 Å². The van der Waals surface area contributed by atoms with E-state index in [-0.39, 0.29) is 0 Å². The Balaban J connectivity index is 1.94. The second-order valence-corrected chi connectivity index (χ2v) is 3.33. The van der Waals surface area contributed by atoms with Crippen LogP contribution in [0.5, 0.6) is 0 Å². The molecule has 0 bridgehead atoms. The van der Waals surface area contributed by atoms with Gasteiger partial charge in [0, 0.05) is 12.4 Å². The van der Waals surface area contributed by atoms with Crippen LogP contribution in [0.1, 0.15) is 5.76 Å². The average Bonchev–Trinajstić information content (AvgIpc) is 3.09. The van der Waals surface area contributed by atoms with Crippen molar-refractivity contribution >= 4 is 0 Å². The van der Waals surface area contributed by atoms with Gasteiger partial charge in [-0.05, 0) is 12.1 Å². The van der Waals surface area contributed by atoms with Crippen molar-refractivity contribution < 1.29 is 8.94 Å². The van der Waals surface area contributed by atoms with Crippen molar-refractivity contribution in [3.63, 3.8) is 0 Å². The molecule has 0 amide bonds. The highest BCUT2D eigenvalue weighted by atomic mass is 16.5. The molecular formula is C10H9N5O2. The quantitative estimate of drug-likeness (QED) is 0.700. The van der Waals surface area contributed by atoms with Gasteiger partial charge < -0.3 is 19.7 Å². The maximum atomic E-state index is 5.45. The van der Waals surface area contributed by atoms with Crippen LogP contribution in [-0.2, 0) is 6.54 Å². The number of imidazole rings is 1. The molecule has 3 N–H and O–H groups in total. The van der Waals surface area contributed by atoms with E-state index in [1.807, 2.05) is 0 Å². The van der Waals surface area contributed by atoms with Gasteiger partial charge in [-0.3, -0.25) is 0 Å². The number of H-pyrrole nitrogens is 1. The third kappa shape index (κ3) is 1.72. The van der Waals surface area contributed by atoms with Crippen LogP contribution in [0, 0.1) is 0 Å². The molecule has 0 saturated heterocycles. The molecule has 0 unspecified atom stereocenters. The molecule has 0 aliphatic carbocycles. The molecule has 3 aromatic heterocycles. The van der Waals surface area contributed by atoms with Crippen molar-refractivity contribution in [1.82, 2.24) is 20.1 Å². The van der Waals surface area contributed by atoms with Crippen molar-refractivity contribution in [2.24, 2.45) is 5.73 Å². The molecule has 7 heteroatoms. The summed E-state index contributed by atoms with van der Waals surface area (Å²) in [4.78, 5) is 11.1. The summed E-state index contributed by atoms with van der Waals surface area (Å²) in [6.07, 6.45) is 3.30. The summed E-state index contributed by atoms with van der Waals surface area (Å²) in [7, 11) is 0. The number of nitrogens with one attached hydrogen (secondary N) is 1. The second kappa shape index (κ2) is 3.87. The van der Waals surface area contributed by atoms with E-state index < -0.39 is 0 Å². The molecular weight excluding hydrogens is 222 g/mol. The Morgan fingerprint density at radius 1 is 1.35 bits per heavy atom. The van der Waals surface area contributed by atoms with Gasteiger partial charge in [0.15, 0.2) is 11.6 Å². The van der Waals surface area contributed by atoms with E-state index in [0.717, 1.165) is 0 Å². The highest BCUT2D eigenvalue weighted by Gasteiger charge is 2.14. The molecule has 3 rings (SSSR count). The van der Waals surface area contributed by atoms with E-state index in [4.69, 9.17) is 14.7 Å². The highest BCUT2D eigenvalue weighted by Crippen LogP contribution is 2.22. The van der Waals surface area contributed by atoms with Crippen LogP contribution >= 0.6 is 0 Å². The molecule has 0 aromatic carbocycles. The van der Waals surface area contributed by atoms with Crippen molar-refractivity contribution in [2.75, 3.05) is 0 Å². The summed E-state index contributed by atoms with van der Waals surface area (Å²) in [5.41, 5.74) is 5.45. The van der Waals surface area contributed by atoms with Crippen molar-refractivity contribution in [3.8, 4) is 23.3 Å². The maximum Gasteiger partial charge on any atom is 0.294 e. The average molecular weight is 231 g/mol. The van der Waals surface area contributed by atoms with Crippen LogP contribution in [0.25, 0.3) is 23.3 Å². The fraction of sp³-hybridized carbons (Fsp3) is 0.100. The molecule has 0 atom stereocenters. The first-order chi connectivity index (χ1) is 8.36. The van der Waals surface area contributed by atoms with Gasteiger partial charge in [-0.25, -0.2) is 4.98 Å². The Kier molecular flexibility index (Phi) is 2.23. The topological polar surface area (TPSA) is 107 Å². The standard InChI is InChI=1S/C10H9N5O2/c11-5-6-1-2-7(16-6)10-14-9(15-17-10)8-12-3-4-13-8/h1-4H,5,11H2,(H,12,13). The molecule has 3 aromatic rings.